The van der Waals surface area contributed by atoms with Crippen molar-refractivity contribution in [3.05, 3.63) is 46.6 Å². The van der Waals surface area contributed by atoms with Crippen LogP contribution in [0.5, 0.6) is 0 Å². The van der Waals surface area contributed by atoms with Crippen molar-refractivity contribution in [1.82, 2.24) is 19.8 Å². The lowest BCUT2D eigenvalue weighted by molar-refractivity contribution is 0.215. The van der Waals surface area contributed by atoms with Crippen molar-refractivity contribution in [1.29, 1.82) is 0 Å². The summed E-state index contributed by atoms with van der Waals surface area (Å²) in [4.78, 5) is 21.6. The Morgan fingerprint density at radius 1 is 0.875 bits per heavy atom. The van der Waals surface area contributed by atoms with E-state index < -0.39 is 0 Å². The first-order valence-electron chi connectivity index (χ1n) is 11.8. The van der Waals surface area contributed by atoms with E-state index in [0.29, 0.717) is 0 Å². The van der Waals surface area contributed by atoms with E-state index in [1.54, 1.807) is 0 Å². The first-order valence-corrected chi connectivity index (χ1v) is 13.6. The maximum atomic E-state index is 5.12. The van der Waals surface area contributed by atoms with Crippen LogP contribution in [0.2, 0.25) is 0 Å². The Morgan fingerprint density at radius 3 is 2.28 bits per heavy atom. The molecule has 0 unspecified atom stereocenters. The largest absolute Gasteiger partial charge is 0.353 e. The predicted molar refractivity (Wildman–Crippen MR) is 137 cm³/mol. The Labute approximate surface area is 199 Å². The van der Waals surface area contributed by atoms with Crippen LogP contribution < -0.4 is 4.90 Å². The molecular formula is C25H33N5S2. The predicted octanol–water partition coefficient (Wildman–Crippen LogP) is 4.82. The van der Waals surface area contributed by atoms with Crippen LogP contribution in [-0.4, -0.2) is 72.1 Å². The van der Waals surface area contributed by atoms with Crippen molar-refractivity contribution < 1.29 is 0 Å². The lowest BCUT2D eigenvalue weighted by atomic mass is 10.2. The number of anilines is 1. The number of thiophene rings is 1. The van der Waals surface area contributed by atoms with Crippen LogP contribution in [0.15, 0.2) is 35.2 Å². The highest BCUT2D eigenvalue weighted by Gasteiger charge is 2.24. The quantitative estimate of drug-likeness (QED) is 0.464. The monoisotopic (exact) mass is 467 g/mol. The smallest absolute Gasteiger partial charge is 0.142 e. The third-order valence-corrected chi connectivity index (χ3v) is 8.88. The van der Waals surface area contributed by atoms with E-state index in [1.807, 2.05) is 23.1 Å². The van der Waals surface area contributed by atoms with E-state index in [1.165, 1.54) is 59.7 Å². The Hall–Kier alpha value is -1.67. The summed E-state index contributed by atoms with van der Waals surface area (Å²) in [7, 11) is 0. The van der Waals surface area contributed by atoms with Gasteiger partial charge in [-0.25, -0.2) is 9.97 Å². The van der Waals surface area contributed by atoms with Crippen molar-refractivity contribution >= 4 is 39.1 Å². The molecule has 2 aliphatic heterocycles. The summed E-state index contributed by atoms with van der Waals surface area (Å²) < 4.78 is 0. The molecule has 2 fully saturated rings. The second-order valence-corrected chi connectivity index (χ2v) is 11.2. The number of likely N-dealkylation sites (tertiary alicyclic amines) is 1. The lowest BCUT2D eigenvalue weighted by Gasteiger charge is -2.36. The molecule has 0 N–H and O–H groups in total. The Kier molecular flexibility index (Phi) is 6.97. The Bertz CT molecular complexity index is 1040. The van der Waals surface area contributed by atoms with Gasteiger partial charge in [0.15, 0.2) is 0 Å². The summed E-state index contributed by atoms with van der Waals surface area (Å²) in [6, 6.07) is 10.6. The zero-order valence-corrected chi connectivity index (χ0v) is 20.9. The minimum Gasteiger partial charge on any atom is -0.353 e. The molecule has 0 atom stereocenters. The zero-order valence-electron chi connectivity index (χ0n) is 19.2. The van der Waals surface area contributed by atoms with Gasteiger partial charge in [0, 0.05) is 49.0 Å². The van der Waals surface area contributed by atoms with Crippen LogP contribution in [0, 0.1) is 13.8 Å². The van der Waals surface area contributed by atoms with Crippen LogP contribution in [0.25, 0.3) is 10.2 Å². The molecule has 0 saturated carbocycles. The minimum atomic E-state index is 0.804. The molecule has 32 heavy (non-hydrogen) atoms. The number of benzene rings is 1. The molecule has 3 aromatic rings. The van der Waals surface area contributed by atoms with Crippen molar-refractivity contribution in [3.63, 3.8) is 0 Å². The molecule has 0 spiro atoms. The molecule has 0 aliphatic carbocycles. The van der Waals surface area contributed by atoms with Gasteiger partial charge in [-0.2, -0.15) is 0 Å². The molecule has 2 saturated heterocycles. The molecule has 4 heterocycles. The first kappa shape index (κ1) is 22.1. The van der Waals surface area contributed by atoms with Gasteiger partial charge in [-0.05, 0) is 57.5 Å². The molecular weight excluding hydrogens is 434 g/mol. The van der Waals surface area contributed by atoms with E-state index >= 15 is 0 Å². The molecule has 2 aliphatic rings. The van der Waals surface area contributed by atoms with E-state index in [4.69, 9.17) is 9.97 Å². The average molecular weight is 468 g/mol. The fraction of sp³-hybridized carbons (Fsp3) is 0.520. The van der Waals surface area contributed by atoms with Crippen LogP contribution in [0.3, 0.4) is 0 Å². The number of fused-ring (bicyclic) bond motifs is 1. The molecule has 0 amide bonds. The van der Waals surface area contributed by atoms with Gasteiger partial charge in [0.05, 0.1) is 11.1 Å². The number of piperazine rings is 1. The summed E-state index contributed by atoms with van der Waals surface area (Å²) in [5.74, 6) is 2.90. The SMILES string of the molecule is Cc1sc2nc(CSc3ccccc3)nc(N3CCN(CCN4CCCC4)CC3)c2c1C. The molecule has 5 nitrogen and oxygen atoms in total. The van der Waals surface area contributed by atoms with Gasteiger partial charge in [0.2, 0.25) is 0 Å². The fourth-order valence-corrected chi connectivity index (χ4v) is 6.52. The zero-order chi connectivity index (χ0) is 21.9. The maximum Gasteiger partial charge on any atom is 0.142 e. The van der Waals surface area contributed by atoms with Crippen molar-refractivity contribution in [2.75, 3.05) is 57.3 Å². The lowest BCUT2D eigenvalue weighted by Crippen LogP contribution is -2.48. The van der Waals surface area contributed by atoms with Gasteiger partial charge in [0.25, 0.3) is 0 Å². The van der Waals surface area contributed by atoms with Gasteiger partial charge in [-0.1, -0.05) is 18.2 Å². The van der Waals surface area contributed by atoms with E-state index in [2.05, 4.69) is 58.9 Å². The number of nitrogens with zero attached hydrogens (tertiary/aromatic N) is 5. The molecule has 0 bridgehead atoms. The topological polar surface area (TPSA) is 35.5 Å². The van der Waals surface area contributed by atoms with Gasteiger partial charge in [0.1, 0.15) is 16.5 Å². The highest BCUT2D eigenvalue weighted by molar-refractivity contribution is 7.98. The van der Waals surface area contributed by atoms with E-state index in [-0.39, 0.29) is 0 Å². The number of thioether (sulfide) groups is 1. The van der Waals surface area contributed by atoms with Crippen molar-refractivity contribution in [2.24, 2.45) is 0 Å². The number of rotatable bonds is 7. The van der Waals surface area contributed by atoms with Gasteiger partial charge >= 0.3 is 0 Å². The summed E-state index contributed by atoms with van der Waals surface area (Å²) >= 11 is 3.63. The minimum absolute atomic E-state index is 0.804. The molecule has 170 valence electrons. The molecule has 2 aromatic heterocycles. The Morgan fingerprint density at radius 2 is 1.56 bits per heavy atom. The first-order chi connectivity index (χ1) is 15.7. The molecule has 1 aromatic carbocycles. The third kappa shape index (κ3) is 4.96. The molecule has 7 heteroatoms. The number of aryl methyl sites for hydroxylation is 2. The third-order valence-electron chi connectivity index (χ3n) is 6.77. The standard InChI is InChI=1S/C25H33N5S2/c1-19-20(2)32-25-23(19)24(26-22(27-25)18-31-21-8-4-3-5-9-21)30-16-14-29(15-17-30)13-12-28-10-6-7-11-28/h3-5,8-9H,6-7,10-18H2,1-2H3. The Balaban J connectivity index is 1.30. The van der Waals surface area contributed by atoms with Gasteiger partial charge in [-0.15, -0.1) is 23.1 Å². The average Bonchev–Trinajstić information content (AvgIpc) is 3.45. The number of hydrogen-bond donors (Lipinski definition) is 0. The van der Waals surface area contributed by atoms with E-state index in [0.717, 1.165) is 48.4 Å². The fourth-order valence-electron chi connectivity index (χ4n) is 4.70. The van der Waals surface area contributed by atoms with Gasteiger partial charge < -0.3 is 9.80 Å². The summed E-state index contributed by atoms with van der Waals surface area (Å²) in [6.45, 7) is 13.8. The second-order valence-electron chi connectivity index (χ2n) is 8.91. The summed E-state index contributed by atoms with van der Waals surface area (Å²) in [6.07, 6.45) is 2.75. The maximum absolute atomic E-state index is 5.12. The summed E-state index contributed by atoms with van der Waals surface area (Å²) in [5.41, 5.74) is 1.35. The van der Waals surface area contributed by atoms with Crippen LogP contribution >= 0.6 is 23.1 Å². The van der Waals surface area contributed by atoms with Crippen molar-refractivity contribution in [3.8, 4) is 0 Å². The normalized spacial score (nSPS) is 18.1. The van der Waals surface area contributed by atoms with Crippen molar-refractivity contribution in [2.45, 2.75) is 37.3 Å². The highest BCUT2D eigenvalue weighted by atomic mass is 32.2. The second kappa shape index (κ2) is 10.1. The molecule has 0 radical (unpaired) electrons. The van der Waals surface area contributed by atoms with Gasteiger partial charge in [-0.3, -0.25) is 4.90 Å². The summed E-state index contributed by atoms with van der Waals surface area (Å²) in [5, 5.41) is 1.27. The van der Waals surface area contributed by atoms with Crippen LogP contribution in [0.1, 0.15) is 29.1 Å². The number of hydrogen-bond acceptors (Lipinski definition) is 7. The van der Waals surface area contributed by atoms with E-state index in [9.17, 15) is 0 Å². The molecule has 5 rings (SSSR count). The number of aromatic nitrogens is 2. The van der Waals surface area contributed by atoms with Crippen LogP contribution in [-0.2, 0) is 5.75 Å². The van der Waals surface area contributed by atoms with Crippen LogP contribution in [0.4, 0.5) is 5.82 Å². The highest BCUT2D eigenvalue weighted by Crippen LogP contribution is 2.36.